The minimum Gasteiger partial charge on any atom is -0.299 e. The molecule has 2 fully saturated rings. The summed E-state index contributed by atoms with van der Waals surface area (Å²) in [5.41, 5.74) is 0. The van der Waals surface area contributed by atoms with Crippen LogP contribution < -0.4 is 0 Å². The number of aryl methyl sites for hydroxylation is 1. The van der Waals surface area contributed by atoms with Crippen molar-refractivity contribution in [1.29, 1.82) is 0 Å². The Morgan fingerprint density at radius 2 is 2.05 bits per heavy atom. The fraction of sp³-hybridized carbons (Fsp3) is 0.769. The molecule has 1 aromatic heterocycles. The van der Waals surface area contributed by atoms with E-state index in [-0.39, 0.29) is 4.90 Å². The van der Waals surface area contributed by atoms with Crippen LogP contribution >= 0.6 is 11.6 Å². The van der Waals surface area contributed by atoms with Crippen LogP contribution in [0.25, 0.3) is 0 Å². The molecule has 0 amide bonds. The van der Waals surface area contributed by atoms with Gasteiger partial charge in [0.2, 0.25) is 10.0 Å². The smallest absolute Gasteiger partial charge is 0.246 e. The van der Waals surface area contributed by atoms with E-state index in [0.717, 1.165) is 19.5 Å². The summed E-state index contributed by atoms with van der Waals surface area (Å²) in [6, 6.07) is 0.375. The second-order valence-corrected chi connectivity index (χ2v) is 7.99. The molecular formula is C13H21ClN4O2S. The van der Waals surface area contributed by atoms with E-state index in [1.165, 1.54) is 19.0 Å². The molecule has 2 saturated heterocycles. The predicted octanol–water partition coefficient (Wildman–Crippen LogP) is 0.981. The van der Waals surface area contributed by atoms with E-state index in [0.29, 0.717) is 31.6 Å². The lowest BCUT2D eigenvalue weighted by atomic mass is 10.2. The number of halogens is 1. The molecule has 118 valence electrons. The Morgan fingerprint density at radius 1 is 1.29 bits per heavy atom. The first-order valence-corrected chi connectivity index (χ1v) is 9.41. The molecular weight excluding hydrogens is 312 g/mol. The van der Waals surface area contributed by atoms with Gasteiger partial charge in [-0.1, -0.05) is 0 Å². The number of rotatable bonds is 5. The zero-order valence-electron chi connectivity index (χ0n) is 12.0. The maximum absolute atomic E-state index is 12.6. The first kappa shape index (κ1) is 15.3. The predicted molar refractivity (Wildman–Crippen MR) is 80.9 cm³/mol. The number of sulfonamides is 1. The molecule has 0 N–H and O–H groups in total. The van der Waals surface area contributed by atoms with Crippen molar-refractivity contribution < 1.29 is 8.42 Å². The Labute approximate surface area is 130 Å². The van der Waals surface area contributed by atoms with Crippen LogP contribution in [0.4, 0.5) is 0 Å². The normalized spacial score (nSPS) is 24.9. The zero-order chi connectivity index (χ0) is 14.9. The van der Waals surface area contributed by atoms with Gasteiger partial charge in [-0.3, -0.25) is 9.58 Å². The first-order valence-electron chi connectivity index (χ1n) is 7.44. The zero-order valence-corrected chi connectivity index (χ0v) is 13.6. The summed E-state index contributed by atoms with van der Waals surface area (Å²) in [7, 11) is -3.42. The molecule has 1 atom stereocenters. The highest BCUT2D eigenvalue weighted by Gasteiger charge is 2.36. The fourth-order valence-electron chi connectivity index (χ4n) is 3.17. The van der Waals surface area contributed by atoms with Crippen LogP contribution in [-0.2, 0) is 16.6 Å². The van der Waals surface area contributed by atoms with Gasteiger partial charge in [0, 0.05) is 31.2 Å². The van der Waals surface area contributed by atoms with Crippen molar-refractivity contribution >= 4 is 21.6 Å². The highest BCUT2D eigenvalue weighted by Crippen LogP contribution is 2.25. The van der Waals surface area contributed by atoms with Gasteiger partial charge in [0.15, 0.2) is 0 Å². The van der Waals surface area contributed by atoms with Gasteiger partial charge in [-0.25, -0.2) is 8.42 Å². The molecule has 6 nitrogen and oxygen atoms in total. The molecule has 0 radical (unpaired) electrons. The number of aromatic nitrogens is 2. The van der Waals surface area contributed by atoms with Gasteiger partial charge in [-0.05, 0) is 32.4 Å². The molecule has 0 spiro atoms. The van der Waals surface area contributed by atoms with Crippen molar-refractivity contribution in [3.8, 4) is 0 Å². The van der Waals surface area contributed by atoms with Crippen molar-refractivity contribution in [2.75, 3.05) is 32.1 Å². The Balaban J connectivity index is 1.70. The molecule has 8 heteroatoms. The lowest BCUT2D eigenvalue weighted by molar-refractivity contribution is 0.251. The summed E-state index contributed by atoms with van der Waals surface area (Å²) < 4.78 is 28.4. The molecule has 1 aromatic rings. The highest BCUT2D eigenvalue weighted by atomic mass is 35.5. The summed E-state index contributed by atoms with van der Waals surface area (Å²) in [6.45, 7) is 3.93. The summed E-state index contributed by atoms with van der Waals surface area (Å²) in [6.07, 6.45) is 6.38. The average molecular weight is 333 g/mol. The van der Waals surface area contributed by atoms with Crippen molar-refractivity contribution in [2.24, 2.45) is 0 Å². The van der Waals surface area contributed by atoms with Crippen molar-refractivity contribution in [2.45, 2.75) is 36.7 Å². The third-order valence-electron chi connectivity index (χ3n) is 4.34. The van der Waals surface area contributed by atoms with Gasteiger partial charge >= 0.3 is 0 Å². The molecule has 3 heterocycles. The topological polar surface area (TPSA) is 58.4 Å². The number of hydrogen-bond donors (Lipinski definition) is 0. The summed E-state index contributed by atoms with van der Waals surface area (Å²) in [5.74, 6) is 0.419. The van der Waals surface area contributed by atoms with Gasteiger partial charge in [-0.2, -0.15) is 9.40 Å². The quantitative estimate of drug-likeness (QED) is 0.754. The number of likely N-dealkylation sites (tertiary alicyclic amines) is 1. The molecule has 0 aromatic carbocycles. The van der Waals surface area contributed by atoms with E-state index >= 15 is 0 Å². The van der Waals surface area contributed by atoms with Gasteiger partial charge in [0.05, 0.1) is 12.7 Å². The number of nitrogens with zero attached hydrogens (tertiary/aromatic N) is 4. The van der Waals surface area contributed by atoms with E-state index in [1.807, 2.05) is 0 Å². The summed E-state index contributed by atoms with van der Waals surface area (Å²) in [5, 5.41) is 4.06. The maximum Gasteiger partial charge on any atom is 0.246 e. The van der Waals surface area contributed by atoms with Gasteiger partial charge < -0.3 is 0 Å². The first-order chi connectivity index (χ1) is 10.1. The van der Waals surface area contributed by atoms with Gasteiger partial charge in [0.25, 0.3) is 0 Å². The van der Waals surface area contributed by atoms with Crippen LogP contribution in [-0.4, -0.2) is 65.5 Å². The van der Waals surface area contributed by atoms with Crippen molar-refractivity contribution in [3.05, 3.63) is 12.4 Å². The lowest BCUT2D eigenvalue weighted by Crippen LogP contribution is -2.37. The van der Waals surface area contributed by atoms with Crippen molar-refractivity contribution in [3.63, 3.8) is 0 Å². The molecule has 0 bridgehead atoms. The van der Waals surface area contributed by atoms with Gasteiger partial charge in [0.1, 0.15) is 4.90 Å². The largest absolute Gasteiger partial charge is 0.299 e. The third-order valence-corrected chi connectivity index (χ3v) is 6.33. The van der Waals surface area contributed by atoms with Gasteiger partial charge in [-0.15, -0.1) is 11.6 Å². The Bertz CT molecular complexity index is 583. The average Bonchev–Trinajstić information content (AvgIpc) is 3.20. The monoisotopic (exact) mass is 332 g/mol. The molecule has 2 aliphatic heterocycles. The Kier molecular flexibility index (Phi) is 4.54. The van der Waals surface area contributed by atoms with E-state index in [9.17, 15) is 8.42 Å². The molecule has 0 saturated carbocycles. The minimum atomic E-state index is -3.42. The van der Waals surface area contributed by atoms with Crippen LogP contribution in [0.2, 0.25) is 0 Å². The molecule has 0 aliphatic carbocycles. The Hall–Kier alpha value is -0.630. The Morgan fingerprint density at radius 3 is 2.76 bits per heavy atom. The minimum absolute atomic E-state index is 0.273. The van der Waals surface area contributed by atoms with Crippen molar-refractivity contribution in [1.82, 2.24) is 19.0 Å². The summed E-state index contributed by atoms with van der Waals surface area (Å²) in [4.78, 5) is 2.70. The fourth-order valence-corrected chi connectivity index (χ4v) is 4.79. The van der Waals surface area contributed by atoms with Crippen LogP contribution in [0.15, 0.2) is 17.3 Å². The van der Waals surface area contributed by atoms with E-state index < -0.39 is 10.0 Å². The molecule has 21 heavy (non-hydrogen) atoms. The number of hydrogen-bond acceptors (Lipinski definition) is 4. The molecule has 1 unspecified atom stereocenters. The third kappa shape index (κ3) is 3.11. The maximum atomic E-state index is 12.6. The second kappa shape index (κ2) is 6.24. The van der Waals surface area contributed by atoms with Crippen LogP contribution in [0.3, 0.4) is 0 Å². The second-order valence-electron chi connectivity index (χ2n) is 5.68. The van der Waals surface area contributed by atoms with Crippen LogP contribution in [0.1, 0.15) is 19.3 Å². The van der Waals surface area contributed by atoms with Crippen LogP contribution in [0, 0.1) is 0 Å². The summed E-state index contributed by atoms with van der Waals surface area (Å²) >= 11 is 5.65. The van der Waals surface area contributed by atoms with E-state index in [1.54, 1.807) is 15.2 Å². The molecule has 2 aliphatic rings. The SMILES string of the molecule is O=S(=O)(c1cnn(CCCl)c1)N1CCC(N2CCCC2)C1. The van der Waals surface area contributed by atoms with E-state index in [2.05, 4.69) is 10.00 Å². The molecule has 3 rings (SSSR count). The standard InChI is InChI=1S/C13H21ClN4O2S/c14-4-8-17-11-13(9-15-17)21(19,20)18-7-3-12(10-18)16-5-1-2-6-16/h9,11-12H,1-8,10H2. The van der Waals surface area contributed by atoms with E-state index in [4.69, 9.17) is 11.6 Å². The number of alkyl halides is 1. The van der Waals surface area contributed by atoms with Crippen LogP contribution in [0.5, 0.6) is 0 Å². The lowest BCUT2D eigenvalue weighted by Gasteiger charge is -2.23. The highest BCUT2D eigenvalue weighted by molar-refractivity contribution is 7.89.